The van der Waals surface area contributed by atoms with Crippen molar-refractivity contribution in [3.05, 3.63) is 22.8 Å². The molecule has 3 heteroatoms. The number of carbonyl (C=O) groups is 1. The molecule has 1 heterocycles. The highest BCUT2D eigenvalue weighted by Gasteiger charge is 2.19. The summed E-state index contributed by atoms with van der Waals surface area (Å²) in [6.45, 7) is 20.9. The molecule has 0 spiro atoms. The van der Waals surface area contributed by atoms with Crippen LogP contribution in [0.1, 0.15) is 76.9 Å². The zero-order valence-corrected chi connectivity index (χ0v) is 16.3. The molecule has 1 aliphatic heterocycles. The topological polar surface area (TPSA) is 35.5 Å². The molecular weight excluding hydrogens is 276 g/mol. The van der Waals surface area contributed by atoms with Gasteiger partial charge in [-0.1, -0.05) is 61.5 Å². The molecule has 0 fully saturated rings. The van der Waals surface area contributed by atoms with Crippen LogP contribution in [0.4, 0.5) is 0 Å². The first-order valence-corrected chi connectivity index (χ1v) is 8.59. The van der Waals surface area contributed by atoms with Gasteiger partial charge in [-0.2, -0.15) is 0 Å². The highest BCUT2D eigenvalue weighted by Crippen LogP contribution is 2.37. The largest absolute Gasteiger partial charge is 0.486 e. The molecule has 22 heavy (non-hydrogen) atoms. The van der Waals surface area contributed by atoms with Crippen LogP contribution in [-0.4, -0.2) is 19.5 Å². The third-order valence-electron chi connectivity index (χ3n) is 2.36. The fourth-order valence-electron chi connectivity index (χ4n) is 1.71. The maximum atomic E-state index is 10.9. The van der Waals surface area contributed by atoms with Crippen LogP contribution < -0.4 is 9.47 Å². The van der Waals surface area contributed by atoms with Gasteiger partial charge in [-0.15, -0.1) is 0 Å². The van der Waals surface area contributed by atoms with Gasteiger partial charge in [0.1, 0.15) is 13.2 Å². The number of hydrogen-bond acceptors (Lipinski definition) is 3. The maximum Gasteiger partial charge on any atom is 0.172 e. The Hall–Kier alpha value is -1.51. The van der Waals surface area contributed by atoms with Gasteiger partial charge in [0.05, 0.1) is 5.56 Å². The minimum absolute atomic E-state index is 0.511. The van der Waals surface area contributed by atoms with Gasteiger partial charge in [0.25, 0.3) is 0 Å². The van der Waals surface area contributed by atoms with Crippen LogP contribution in [0.2, 0.25) is 0 Å². The highest BCUT2D eigenvalue weighted by atomic mass is 16.6. The minimum atomic E-state index is 0.511. The molecule has 0 saturated carbocycles. The summed E-state index contributed by atoms with van der Waals surface area (Å²) in [7, 11) is 0. The molecule has 0 aromatic heterocycles. The summed E-state index contributed by atoms with van der Waals surface area (Å²) in [5.41, 5.74) is 2.55. The molecule has 130 valence electrons. The minimum Gasteiger partial charge on any atom is -0.486 e. The van der Waals surface area contributed by atoms with Crippen molar-refractivity contribution in [3.63, 3.8) is 0 Å². The Morgan fingerprint density at radius 3 is 1.59 bits per heavy atom. The van der Waals surface area contributed by atoms with Crippen LogP contribution in [0.3, 0.4) is 0 Å². The van der Waals surface area contributed by atoms with E-state index in [2.05, 4.69) is 0 Å². The van der Waals surface area contributed by atoms with E-state index < -0.39 is 0 Å². The van der Waals surface area contributed by atoms with E-state index in [-0.39, 0.29) is 0 Å². The molecule has 0 bridgehead atoms. The van der Waals surface area contributed by atoms with Crippen molar-refractivity contribution >= 4 is 6.29 Å². The molecular formula is C19H36O3. The van der Waals surface area contributed by atoms with E-state index in [1.807, 2.05) is 75.3 Å². The van der Waals surface area contributed by atoms with Crippen molar-refractivity contribution < 1.29 is 14.3 Å². The van der Waals surface area contributed by atoms with E-state index in [1.54, 1.807) is 0 Å². The highest BCUT2D eigenvalue weighted by molar-refractivity contribution is 5.84. The fourth-order valence-corrected chi connectivity index (χ4v) is 1.71. The Kier molecular flexibility index (Phi) is 20.3. The Morgan fingerprint density at radius 2 is 1.18 bits per heavy atom. The predicted molar refractivity (Wildman–Crippen MR) is 97.7 cm³/mol. The monoisotopic (exact) mass is 312 g/mol. The summed E-state index contributed by atoms with van der Waals surface area (Å²) < 4.78 is 10.9. The summed E-state index contributed by atoms with van der Waals surface area (Å²) in [6.07, 6.45) is 0.822. The first kappa shape index (κ1) is 25.4. The number of hydrogen-bond donors (Lipinski definition) is 0. The number of fused-ring (bicyclic) bond motifs is 1. The summed E-state index contributed by atoms with van der Waals surface area (Å²) in [5.74, 6) is 1.31. The first-order valence-electron chi connectivity index (χ1n) is 8.59. The van der Waals surface area contributed by atoms with E-state index >= 15 is 0 Å². The summed E-state index contributed by atoms with van der Waals surface area (Å²) in [4.78, 5) is 10.9. The molecule has 1 aromatic rings. The van der Waals surface area contributed by atoms with Crippen LogP contribution in [-0.2, 0) is 0 Å². The fraction of sp³-hybridized carbons (Fsp3) is 0.632. The Balaban J connectivity index is -0.000000394. The second-order valence-corrected chi connectivity index (χ2v) is 3.40. The van der Waals surface area contributed by atoms with Gasteiger partial charge in [0.2, 0.25) is 0 Å². The van der Waals surface area contributed by atoms with Crippen LogP contribution in [0.5, 0.6) is 11.5 Å². The summed E-state index contributed by atoms with van der Waals surface area (Å²) in [6, 6.07) is 1.94. The molecule has 3 nitrogen and oxygen atoms in total. The van der Waals surface area contributed by atoms with Gasteiger partial charge in [0.15, 0.2) is 17.8 Å². The average Bonchev–Trinajstić information content (AvgIpc) is 2.62. The lowest BCUT2D eigenvalue weighted by Gasteiger charge is -2.22. The lowest BCUT2D eigenvalue weighted by Crippen LogP contribution is -2.17. The Bertz CT molecular complexity index is 385. The molecule has 0 unspecified atom stereocenters. The van der Waals surface area contributed by atoms with Crippen molar-refractivity contribution in [2.24, 2.45) is 0 Å². The third kappa shape index (κ3) is 7.48. The van der Waals surface area contributed by atoms with E-state index in [9.17, 15) is 4.79 Å². The number of benzene rings is 1. The summed E-state index contributed by atoms with van der Waals surface area (Å²) >= 11 is 0. The SMILES string of the molecule is CC.CC.CC.CC.Cc1cc(C)c2c(c1C=O)OCCO2. The zero-order chi connectivity index (χ0) is 18.1. The molecule has 1 aliphatic rings. The molecule has 0 radical (unpaired) electrons. The van der Waals surface area contributed by atoms with E-state index in [0.717, 1.165) is 17.4 Å². The van der Waals surface area contributed by atoms with Crippen LogP contribution in [0.15, 0.2) is 6.07 Å². The smallest absolute Gasteiger partial charge is 0.172 e. The van der Waals surface area contributed by atoms with Crippen LogP contribution in [0, 0.1) is 13.8 Å². The number of ether oxygens (including phenoxy) is 2. The number of aldehydes is 1. The lowest BCUT2D eigenvalue weighted by molar-refractivity contribution is 0.111. The molecule has 0 saturated heterocycles. The molecule has 0 atom stereocenters. The molecule has 0 amide bonds. The van der Waals surface area contributed by atoms with Crippen molar-refractivity contribution in [2.75, 3.05) is 13.2 Å². The molecule has 2 rings (SSSR count). The molecule has 0 aliphatic carbocycles. The van der Waals surface area contributed by atoms with Crippen molar-refractivity contribution in [1.29, 1.82) is 0 Å². The van der Waals surface area contributed by atoms with E-state index in [1.165, 1.54) is 0 Å². The number of aryl methyl sites for hydroxylation is 2. The van der Waals surface area contributed by atoms with Crippen molar-refractivity contribution in [1.82, 2.24) is 0 Å². The van der Waals surface area contributed by atoms with E-state index in [0.29, 0.717) is 30.3 Å². The van der Waals surface area contributed by atoms with Gasteiger partial charge in [-0.25, -0.2) is 0 Å². The predicted octanol–water partition coefficient (Wildman–Crippen LogP) is 5.99. The third-order valence-corrected chi connectivity index (χ3v) is 2.36. The van der Waals surface area contributed by atoms with Crippen molar-refractivity contribution in [2.45, 2.75) is 69.2 Å². The van der Waals surface area contributed by atoms with E-state index in [4.69, 9.17) is 9.47 Å². The quantitative estimate of drug-likeness (QED) is 0.597. The van der Waals surface area contributed by atoms with Crippen molar-refractivity contribution in [3.8, 4) is 11.5 Å². The number of carbonyl (C=O) groups excluding carboxylic acids is 1. The normalized spacial score (nSPS) is 9.91. The number of rotatable bonds is 1. The van der Waals surface area contributed by atoms with Gasteiger partial charge in [0, 0.05) is 0 Å². The molecule has 1 aromatic carbocycles. The van der Waals surface area contributed by atoms with Crippen LogP contribution in [0.25, 0.3) is 0 Å². The van der Waals surface area contributed by atoms with Crippen LogP contribution >= 0.6 is 0 Å². The zero-order valence-electron chi connectivity index (χ0n) is 16.3. The average molecular weight is 312 g/mol. The maximum absolute atomic E-state index is 10.9. The van der Waals surface area contributed by atoms with Gasteiger partial charge >= 0.3 is 0 Å². The molecule has 0 N–H and O–H groups in total. The van der Waals surface area contributed by atoms with Gasteiger partial charge in [-0.3, -0.25) is 4.79 Å². The summed E-state index contributed by atoms with van der Waals surface area (Å²) in [5, 5.41) is 0. The first-order chi connectivity index (χ1) is 10.7. The van der Waals surface area contributed by atoms with Gasteiger partial charge in [-0.05, 0) is 25.0 Å². The Labute approximate surface area is 138 Å². The van der Waals surface area contributed by atoms with Gasteiger partial charge < -0.3 is 9.47 Å². The lowest BCUT2D eigenvalue weighted by atomic mass is 10.0. The second-order valence-electron chi connectivity index (χ2n) is 3.40. The second kappa shape index (κ2) is 17.5. The Morgan fingerprint density at radius 1 is 0.773 bits per heavy atom. The standard InChI is InChI=1S/C11H12O3.4C2H6/c1-7-5-8(2)10-11(9(7)6-12)14-4-3-13-10;4*1-2/h5-6H,3-4H2,1-2H3;4*1-2H3.